The summed E-state index contributed by atoms with van der Waals surface area (Å²) in [6, 6.07) is 19.6. The first-order valence-corrected chi connectivity index (χ1v) is 11.7. The molecule has 0 atom stereocenters. The minimum absolute atomic E-state index is 0.0328. The van der Waals surface area contributed by atoms with Crippen LogP contribution < -0.4 is 10.5 Å². The van der Waals surface area contributed by atoms with Crippen molar-refractivity contribution in [1.29, 1.82) is 0 Å². The Bertz CT molecular complexity index is 1380. The van der Waals surface area contributed by atoms with Crippen molar-refractivity contribution in [1.82, 2.24) is 19.4 Å². The topological polar surface area (TPSA) is 71.3 Å². The highest BCUT2D eigenvalue weighted by molar-refractivity contribution is 5.77. The first kappa shape index (κ1) is 22.7. The highest BCUT2D eigenvalue weighted by atomic mass is 19.1. The van der Waals surface area contributed by atoms with Gasteiger partial charge in [0.1, 0.15) is 11.6 Å². The van der Waals surface area contributed by atoms with E-state index in [1.807, 2.05) is 35.2 Å². The quantitative estimate of drug-likeness (QED) is 0.432. The number of carbonyl (C=O) groups is 1. The number of benzene rings is 2. The summed E-state index contributed by atoms with van der Waals surface area (Å²) >= 11 is 0. The lowest BCUT2D eigenvalue weighted by atomic mass is 10.2. The van der Waals surface area contributed by atoms with E-state index in [2.05, 4.69) is 14.9 Å². The molecule has 35 heavy (non-hydrogen) atoms. The number of halogens is 1. The highest BCUT2D eigenvalue weighted by Gasteiger charge is 2.22. The van der Waals surface area contributed by atoms with E-state index in [0.717, 1.165) is 11.3 Å². The number of aromatic nitrogens is 3. The second-order valence-corrected chi connectivity index (χ2v) is 8.62. The molecule has 1 amide bonds. The number of amides is 1. The summed E-state index contributed by atoms with van der Waals surface area (Å²) in [6.07, 6.45) is 2.23. The normalized spacial score (nSPS) is 13.9. The molecule has 1 fully saturated rings. The van der Waals surface area contributed by atoms with E-state index in [1.54, 1.807) is 35.0 Å². The first-order valence-electron chi connectivity index (χ1n) is 11.7. The van der Waals surface area contributed by atoms with Crippen LogP contribution in [0.2, 0.25) is 0 Å². The fourth-order valence-corrected chi connectivity index (χ4v) is 4.46. The maximum atomic E-state index is 13.3. The van der Waals surface area contributed by atoms with Crippen molar-refractivity contribution in [3.8, 4) is 0 Å². The molecule has 1 aliphatic heterocycles. The molecule has 0 spiro atoms. The van der Waals surface area contributed by atoms with Crippen molar-refractivity contribution >= 4 is 22.6 Å². The molecule has 0 N–H and O–H groups in total. The van der Waals surface area contributed by atoms with Gasteiger partial charge in [-0.3, -0.25) is 14.2 Å². The first-order chi connectivity index (χ1) is 17.1. The molecular formula is C27H26FN5O2. The Morgan fingerprint density at radius 3 is 2.40 bits per heavy atom. The zero-order chi connectivity index (χ0) is 24.2. The minimum atomic E-state index is -0.259. The van der Waals surface area contributed by atoms with Crippen molar-refractivity contribution in [2.45, 2.75) is 19.4 Å². The van der Waals surface area contributed by atoms with E-state index in [-0.39, 0.29) is 23.7 Å². The summed E-state index contributed by atoms with van der Waals surface area (Å²) in [6.45, 7) is 2.96. The summed E-state index contributed by atoms with van der Waals surface area (Å²) in [7, 11) is 0. The average molecular weight is 472 g/mol. The standard InChI is InChI=1S/C27H26FN5O2/c28-21-8-10-22(11-9-21)31-15-17-32(18-16-31)25(34)13-12-24-30-26-23(7-4-14-29-26)27(35)33(24)19-20-5-2-1-3-6-20/h1-11,14H,12-13,15-19H2. The van der Waals surface area contributed by atoms with Gasteiger partial charge in [0.15, 0.2) is 5.65 Å². The number of carbonyl (C=O) groups excluding carboxylic acids is 1. The number of aryl methyl sites for hydroxylation is 1. The fourth-order valence-electron chi connectivity index (χ4n) is 4.46. The van der Waals surface area contributed by atoms with Crippen LogP contribution in [0.5, 0.6) is 0 Å². The Morgan fingerprint density at radius 1 is 0.914 bits per heavy atom. The lowest BCUT2D eigenvalue weighted by Crippen LogP contribution is -2.48. The third kappa shape index (κ3) is 5.06. The Labute approximate surface area is 202 Å². The predicted octanol–water partition coefficient (Wildman–Crippen LogP) is 3.26. The second kappa shape index (κ2) is 10.0. The molecule has 0 saturated carbocycles. The number of piperazine rings is 1. The zero-order valence-corrected chi connectivity index (χ0v) is 19.3. The van der Waals surface area contributed by atoms with Gasteiger partial charge in [0, 0.05) is 50.9 Å². The third-order valence-electron chi connectivity index (χ3n) is 6.38. The maximum absolute atomic E-state index is 13.3. The maximum Gasteiger partial charge on any atom is 0.263 e. The molecule has 7 nitrogen and oxygen atoms in total. The molecule has 3 heterocycles. The lowest BCUT2D eigenvalue weighted by molar-refractivity contribution is -0.131. The molecule has 2 aromatic heterocycles. The third-order valence-corrected chi connectivity index (χ3v) is 6.38. The summed E-state index contributed by atoms with van der Waals surface area (Å²) in [5, 5.41) is 0.468. The summed E-state index contributed by atoms with van der Waals surface area (Å²) < 4.78 is 14.9. The van der Waals surface area contributed by atoms with Gasteiger partial charge in [-0.05, 0) is 42.0 Å². The van der Waals surface area contributed by atoms with Crippen molar-refractivity contribution in [2.24, 2.45) is 0 Å². The molecule has 2 aromatic carbocycles. The average Bonchev–Trinajstić information content (AvgIpc) is 2.90. The highest BCUT2D eigenvalue weighted by Crippen LogP contribution is 2.18. The molecule has 8 heteroatoms. The summed E-state index contributed by atoms with van der Waals surface area (Å²) in [4.78, 5) is 39.2. The van der Waals surface area contributed by atoms with Gasteiger partial charge in [0.05, 0.1) is 11.9 Å². The second-order valence-electron chi connectivity index (χ2n) is 8.62. The van der Waals surface area contributed by atoms with Crippen LogP contribution in [0.25, 0.3) is 11.0 Å². The van der Waals surface area contributed by atoms with Crippen LogP contribution >= 0.6 is 0 Å². The summed E-state index contributed by atoms with van der Waals surface area (Å²) in [5.74, 6) is 0.333. The van der Waals surface area contributed by atoms with Gasteiger partial charge in [-0.25, -0.2) is 14.4 Å². The van der Waals surface area contributed by atoms with E-state index in [9.17, 15) is 14.0 Å². The Balaban J connectivity index is 1.29. The largest absolute Gasteiger partial charge is 0.368 e. The van der Waals surface area contributed by atoms with Gasteiger partial charge in [-0.2, -0.15) is 0 Å². The van der Waals surface area contributed by atoms with Crippen LogP contribution in [0.1, 0.15) is 17.8 Å². The van der Waals surface area contributed by atoms with E-state index < -0.39 is 0 Å². The molecule has 1 saturated heterocycles. The van der Waals surface area contributed by atoms with Crippen LogP contribution in [0.3, 0.4) is 0 Å². The van der Waals surface area contributed by atoms with Crippen LogP contribution in [0.4, 0.5) is 10.1 Å². The Hall–Kier alpha value is -4.07. The van der Waals surface area contributed by atoms with Gasteiger partial charge < -0.3 is 9.80 Å². The van der Waals surface area contributed by atoms with Gasteiger partial charge in [0.2, 0.25) is 5.91 Å². The van der Waals surface area contributed by atoms with Crippen molar-refractivity contribution in [3.63, 3.8) is 0 Å². The SMILES string of the molecule is O=C(CCc1nc2ncccc2c(=O)n1Cc1ccccc1)N1CCN(c2ccc(F)cc2)CC1. The van der Waals surface area contributed by atoms with E-state index in [1.165, 1.54) is 12.1 Å². The van der Waals surface area contributed by atoms with Gasteiger partial charge >= 0.3 is 0 Å². The van der Waals surface area contributed by atoms with E-state index in [4.69, 9.17) is 0 Å². The van der Waals surface area contributed by atoms with Gasteiger partial charge in [-0.1, -0.05) is 30.3 Å². The fraction of sp³-hybridized carbons (Fsp3) is 0.259. The number of hydrogen-bond donors (Lipinski definition) is 0. The molecule has 0 unspecified atom stereocenters. The van der Waals surface area contributed by atoms with Crippen LogP contribution in [0, 0.1) is 5.82 Å². The number of fused-ring (bicyclic) bond motifs is 1. The van der Waals surface area contributed by atoms with Crippen LogP contribution in [-0.2, 0) is 17.8 Å². The van der Waals surface area contributed by atoms with Gasteiger partial charge in [-0.15, -0.1) is 0 Å². The zero-order valence-electron chi connectivity index (χ0n) is 19.3. The molecular weight excluding hydrogens is 445 g/mol. The number of nitrogens with zero attached hydrogens (tertiary/aromatic N) is 5. The monoisotopic (exact) mass is 471 g/mol. The molecule has 0 radical (unpaired) electrons. The smallest absolute Gasteiger partial charge is 0.263 e. The number of rotatable bonds is 6. The lowest BCUT2D eigenvalue weighted by Gasteiger charge is -2.36. The molecule has 0 aliphatic carbocycles. The molecule has 1 aliphatic rings. The Kier molecular flexibility index (Phi) is 6.52. The van der Waals surface area contributed by atoms with Gasteiger partial charge in [0.25, 0.3) is 5.56 Å². The molecule has 178 valence electrons. The molecule has 4 aromatic rings. The van der Waals surface area contributed by atoms with Crippen molar-refractivity contribution in [2.75, 3.05) is 31.1 Å². The molecule has 0 bridgehead atoms. The Morgan fingerprint density at radius 2 is 1.66 bits per heavy atom. The number of anilines is 1. The van der Waals surface area contributed by atoms with E-state index >= 15 is 0 Å². The van der Waals surface area contributed by atoms with E-state index in [0.29, 0.717) is 56.0 Å². The minimum Gasteiger partial charge on any atom is -0.368 e. The molecule has 5 rings (SSSR count). The van der Waals surface area contributed by atoms with Crippen LogP contribution in [0.15, 0.2) is 77.7 Å². The predicted molar refractivity (Wildman–Crippen MR) is 133 cm³/mol. The number of pyridine rings is 1. The van der Waals surface area contributed by atoms with Crippen molar-refractivity contribution in [3.05, 3.63) is 100 Å². The number of hydrogen-bond acceptors (Lipinski definition) is 5. The van der Waals surface area contributed by atoms with Crippen molar-refractivity contribution < 1.29 is 9.18 Å². The summed E-state index contributed by atoms with van der Waals surface area (Å²) in [5.41, 5.74) is 2.19. The van der Waals surface area contributed by atoms with Crippen LogP contribution in [-0.4, -0.2) is 51.5 Å².